The van der Waals surface area contributed by atoms with Gasteiger partial charge < -0.3 is 20.8 Å². The molecule has 0 aliphatic carbocycles. The molecule has 0 atom stereocenters. The number of anilines is 1. The third-order valence-electron chi connectivity index (χ3n) is 2.16. The van der Waals surface area contributed by atoms with E-state index in [-0.39, 0.29) is 4.47 Å². The van der Waals surface area contributed by atoms with Crippen molar-refractivity contribution in [1.29, 1.82) is 5.41 Å². The van der Waals surface area contributed by atoms with Crippen LogP contribution in [0.3, 0.4) is 0 Å². The van der Waals surface area contributed by atoms with E-state index in [2.05, 4.69) is 31.6 Å². The Labute approximate surface area is 136 Å². The van der Waals surface area contributed by atoms with Crippen molar-refractivity contribution < 1.29 is 24.7 Å². The fourth-order valence-electron chi connectivity index (χ4n) is 1.24. The van der Waals surface area contributed by atoms with Crippen molar-refractivity contribution in [2.75, 3.05) is 11.1 Å². The summed E-state index contributed by atoms with van der Waals surface area (Å²) in [6, 6.07) is 3.81. The maximum atomic E-state index is 13.1. The molecule has 0 saturated heterocycles. The van der Waals surface area contributed by atoms with Crippen LogP contribution in [0.1, 0.15) is 0 Å². The smallest absolute Gasteiger partial charge is 0.313 e. The molecule has 0 unspecified atom stereocenters. The van der Waals surface area contributed by atoms with Crippen molar-refractivity contribution in [2.45, 2.75) is 0 Å². The Morgan fingerprint density at radius 1 is 1.41 bits per heavy atom. The Morgan fingerprint density at radius 2 is 2.09 bits per heavy atom. The Bertz CT molecular complexity index is 653. The Kier molecular flexibility index (Phi) is 6.79. The lowest BCUT2D eigenvalue weighted by Gasteiger charge is -2.10. The fourth-order valence-corrected chi connectivity index (χ4v) is 2.17. The van der Waals surface area contributed by atoms with E-state index in [9.17, 15) is 9.18 Å². The van der Waals surface area contributed by atoms with Crippen molar-refractivity contribution in [1.82, 2.24) is 0 Å². The third kappa shape index (κ3) is 5.00. The number of nitrogens with one attached hydrogen (secondary N) is 2. The molecular formula is C11H10BrFN4O4S. The van der Waals surface area contributed by atoms with Crippen molar-refractivity contribution in [3.63, 3.8) is 0 Å². The molecule has 0 spiro atoms. The standard InChI is InChI=1S/C11H10BrFN4O4S/c12-6-3-5(1-2-7(6)13)15-11(17-21)9(16-20)10(14)22-4-8(18)19/h1-3,14,20-21H,4H2,(H,15,17)(H,18,19)/b14-10?,16-9+. The summed E-state index contributed by atoms with van der Waals surface area (Å²) in [5.41, 5.74) is -0.174. The summed E-state index contributed by atoms with van der Waals surface area (Å²) in [5, 5.41) is 41.8. The number of rotatable bonds is 5. The van der Waals surface area contributed by atoms with Gasteiger partial charge in [-0.05, 0) is 34.1 Å². The van der Waals surface area contributed by atoms with E-state index in [1.165, 1.54) is 12.1 Å². The predicted octanol–water partition coefficient (Wildman–Crippen LogP) is 2.41. The molecule has 5 N–H and O–H groups in total. The molecule has 0 fully saturated rings. The molecule has 0 saturated carbocycles. The van der Waals surface area contributed by atoms with Gasteiger partial charge >= 0.3 is 5.97 Å². The van der Waals surface area contributed by atoms with E-state index >= 15 is 0 Å². The van der Waals surface area contributed by atoms with Crippen molar-refractivity contribution in [2.24, 2.45) is 10.3 Å². The molecule has 1 aromatic carbocycles. The Hall–Kier alpha value is -2.14. The van der Waals surface area contributed by atoms with Gasteiger partial charge in [-0.25, -0.2) is 4.39 Å². The molecule has 118 valence electrons. The predicted molar refractivity (Wildman–Crippen MR) is 84.0 cm³/mol. The molecule has 1 rings (SSSR count). The van der Waals surface area contributed by atoms with Crippen LogP contribution in [0.5, 0.6) is 0 Å². The summed E-state index contributed by atoms with van der Waals surface area (Å²) < 4.78 is 13.3. The zero-order valence-corrected chi connectivity index (χ0v) is 13.2. The molecule has 0 bridgehead atoms. The number of aliphatic carboxylic acids is 1. The van der Waals surface area contributed by atoms with Crippen LogP contribution in [0.2, 0.25) is 0 Å². The average Bonchev–Trinajstić information content (AvgIpc) is 2.48. The number of carboxylic acid groups (broad SMARTS) is 1. The summed E-state index contributed by atoms with van der Waals surface area (Å²) in [4.78, 5) is 10.5. The molecule has 22 heavy (non-hydrogen) atoms. The summed E-state index contributed by atoms with van der Waals surface area (Å²) in [6.45, 7) is 0. The van der Waals surface area contributed by atoms with Gasteiger partial charge in [-0.1, -0.05) is 22.1 Å². The molecule has 0 heterocycles. The van der Waals surface area contributed by atoms with Crippen LogP contribution in [0, 0.1) is 11.2 Å². The van der Waals surface area contributed by atoms with E-state index in [1.807, 2.05) is 0 Å². The van der Waals surface area contributed by atoms with Crippen LogP contribution in [-0.4, -0.2) is 43.8 Å². The average molecular weight is 393 g/mol. The second-order valence-electron chi connectivity index (χ2n) is 3.66. The Morgan fingerprint density at radius 3 is 2.59 bits per heavy atom. The Balaban J connectivity index is 2.91. The van der Waals surface area contributed by atoms with Gasteiger partial charge in [0.2, 0.25) is 5.84 Å². The van der Waals surface area contributed by atoms with E-state index < -0.39 is 34.1 Å². The summed E-state index contributed by atoms with van der Waals surface area (Å²) in [6.07, 6.45) is 0. The number of hydrogen-bond acceptors (Lipinski definition) is 7. The first kappa shape index (κ1) is 17.9. The van der Waals surface area contributed by atoms with Gasteiger partial charge in [0, 0.05) is 5.69 Å². The van der Waals surface area contributed by atoms with Gasteiger partial charge in [0.05, 0.1) is 10.2 Å². The highest BCUT2D eigenvalue weighted by atomic mass is 79.9. The summed E-state index contributed by atoms with van der Waals surface area (Å²) in [7, 11) is 0. The van der Waals surface area contributed by atoms with Crippen LogP contribution in [0.4, 0.5) is 10.1 Å². The molecule has 0 aliphatic rings. The van der Waals surface area contributed by atoms with E-state index in [1.54, 1.807) is 0 Å². The maximum absolute atomic E-state index is 13.1. The highest BCUT2D eigenvalue weighted by Crippen LogP contribution is 2.20. The van der Waals surface area contributed by atoms with E-state index in [0.717, 1.165) is 6.07 Å². The molecule has 0 radical (unpaired) electrons. The monoisotopic (exact) mass is 392 g/mol. The van der Waals surface area contributed by atoms with Gasteiger partial charge in [0.25, 0.3) is 0 Å². The molecule has 0 aliphatic heterocycles. The molecule has 1 aromatic rings. The molecule has 0 amide bonds. The molecule has 0 aromatic heterocycles. The quantitative estimate of drug-likeness (QED) is 0.225. The van der Waals surface area contributed by atoms with Crippen molar-refractivity contribution >= 4 is 55.9 Å². The second kappa shape index (κ2) is 8.34. The number of benzene rings is 1. The molecule has 11 heteroatoms. The number of oxime groups is 2. The highest BCUT2D eigenvalue weighted by Gasteiger charge is 2.19. The van der Waals surface area contributed by atoms with Gasteiger partial charge in [-0.3, -0.25) is 10.2 Å². The van der Waals surface area contributed by atoms with Crippen LogP contribution >= 0.6 is 27.7 Å². The van der Waals surface area contributed by atoms with Gasteiger partial charge in [-0.15, -0.1) is 0 Å². The van der Waals surface area contributed by atoms with E-state index in [4.69, 9.17) is 20.9 Å². The maximum Gasteiger partial charge on any atom is 0.313 e. The summed E-state index contributed by atoms with van der Waals surface area (Å²) >= 11 is 3.54. The third-order valence-corrected chi connectivity index (χ3v) is 3.64. The highest BCUT2D eigenvalue weighted by molar-refractivity contribution is 9.10. The zero-order valence-electron chi connectivity index (χ0n) is 10.7. The minimum atomic E-state index is -1.16. The minimum absolute atomic E-state index is 0.146. The largest absolute Gasteiger partial charge is 0.481 e. The van der Waals surface area contributed by atoms with Crippen LogP contribution < -0.4 is 5.32 Å². The van der Waals surface area contributed by atoms with Gasteiger partial charge in [-0.2, -0.15) is 0 Å². The number of carboxylic acids is 1. The molecule has 8 nitrogen and oxygen atoms in total. The SMILES string of the molecule is N=C(SCC(=O)O)C(=N\O)/C(=N/O)Nc1ccc(F)c(Br)c1. The molecular weight excluding hydrogens is 383 g/mol. The lowest BCUT2D eigenvalue weighted by molar-refractivity contribution is -0.133. The number of amidine groups is 1. The first-order chi connectivity index (χ1) is 10.4. The van der Waals surface area contributed by atoms with Crippen LogP contribution in [0.25, 0.3) is 0 Å². The number of nitrogens with zero attached hydrogens (tertiary/aromatic N) is 2. The summed E-state index contributed by atoms with van der Waals surface area (Å²) in [5.74, 6) is -2.50. The second-order valence-corrected chi connectivity index (χ2v) is 5.50. The van der Waals surface area contributed by atoms with Gasteiger partial charge in [0.1, 0.15) is 10.9 Å². The first-order valence-electron chi connectivity index (χ1n) is 5.49. The van der Waals surface area contributed by atoms with Crippen LogP contribution in [-0.2, 0) is 4.79 Å². The lowest BCUT2D eigenvalue weighted by atomic mass is 10.3. The first-order valence-corrected chi connectivity index (χ1v) is 7.27. The van der Waals surface area contributed by atoms with E-state index in [0.29, 0.717) is 17.4 Å². The van der Waals surface area contributed by atoms with Gasteiger partial charge in [0.15, 0.2) is 5.71 Å². The topological polar surface area (TPSA) is 138 Å². The van der Waals surface area contributed by atoms with Crippen molar-refractivity contribution in [3.8, 4) is 0 Å². The lowest BCUT2D eigenvalue weighted by Crippen LogP contribution is -2.29. The number of halogens is 2. The van der Waals surface area contributed by atoms with Crippen molar-refractivity contribution in [3.05, 3.63) is 28.5 Å². The number of carbonyl (C=O) groups is 1. The van der Waals surface area contributed by atoms with Crippen LogP contribution in [0.15, 0.2) is 33.0 Å². The minimum Gasteiger partial charge on any atom is -0.481 e. The number of thioether (sulfide) groups is 1. The number of hydrogen-bond donors (Lipinski definition) is 5. The zero-order chi connectivity index (χ0) is 16.7. The normalized spacial score (nSPS) is 12.1. The fraction of sp³-hybridized carbons (Fsp3) is 0.0909.